The molecule has 0 fully saturated rings. The van der Waals surface area contributed by atoms with Gasteiger partial charge in [-0.1, -0.05) is 46.4 Å². The molecule has 2 nitrogen and oxygen atoms in total. The van der Waals surface area contributed by atoms with Crippen LogP contribution in [-0.2, 0) is 6.61 Å². The van der Waals surface area contributed by atoms with Crippen molar-refractivity contribution >= 4 is 46.4 Å². The standard InChI is InChI=1S/C12H7Cl4NO/c13-6-3-4-9(17-10(6)5-18)11-7(14)1-2-8(15)12(11)16/h1-4,18H,5H2. The first-order valence-electron chi connectivity index (χ1n) is 4.94. The van der Waals surface area contributed by atoms with Crippen molar-refractivity contribution in [1.82, 2.24) is 4.98 Å². The lowest BCUT2D eigenvalue weighted by Gasteiger charge is -2.09. The van der Waals surface area contributed by atoms with E-state index in [0.29, 0.717) is 37.0 Å². The molecule has 2 aromatic rings. The fourth-order valence-electron chi connectivity index (χ4n) is 1.50. The van der Waals surface area contributed by atoms with Crippen LogP contribution >= 0.6 is 46.4 Å². The maximum Gasteiger partial charge on any atom is 0.0868 e. The molecular formula is C12H7Cl4NO. The number of nitrogens with zero attached hydrogens (tertiary/aromatic N) is 1. The van der Waals surface area contributed by atoms with Gasteiger partial charge in [-0.2, -0.15) is 0 Å². The zero-order chi connectivity index (χ0) is 13.3. The molecule has 0 spiro atoms. The normalized spacial score (nSPS) is 10.7. The molecule has 0 radical (unpaired) electrons. The lowest BCUT2D eigenvalue weighted by molar-refractivity contribution is 0.277. The Morgan fingerprint density at radius 3 is 2.17 bits per heavy atom. The predicted octanol–water partition coefficient (Wildman–Crippen LogP) is 4.85. The molecule has 94 valence electrons. The van der Waals surface area contributed by atoms with Crippen LogP contribution < -0.4 is 0 Å². The Hall–Kier alpha value is -0.510. The summed E-state index contributed by atoms with van der Waals surface area (Å²) in [5.41, 5.74) is 1.40. The summed E-state index contributed by atoms with van der Waals surface area (Å²) in [4.78, 5) is 4.21. The Kier molecular flexibility index (Phi) is 4.36. The highest BCUT2D eigenvalue weighted by Gasteiger charge is 2.14. The van der Waals surface area contributed by atoms with Crippen LogP contribution in [0.1, 0.15) is 5.69 Å². The van der Waals surface area contributed by atoms with Gasteiger partial charge in [0.15, 0.2) is 0 Å². The summed E-state index contributed by atoms with van der Waals surface area (Å²) in [7, 11) is 0. The zero-order valence-electron chi connectivity index (χ0n) is 8.92. The molecule has 2 rings (SSSR count). The molecular weight excluding hydrogens is 316 g/mol. The van der Waals surface area contributed by atoms with E-state index < -0.39 is 0 Å². The molecule has 1 heterocycles. The van der Waals surface area contributed by atoms with E-state index in [1.807, 2.05) is 0 Å². The molecule has 0 amide bonds. The third-order valence-electron chi connectivity index (χ3n) is 2.37. The van der Waals surface area contributed by atoms with Gasteiger partial charge < -0.3 is 5.11 Å². The zero-order valence-corrected chi connectivity index (χ0v) is 11.9. The topological polar surface area (TPSA) is 33.1 Å². The van der Waals surface area contributed by atoms with E-state index in [4.69, 9.17) is 51.5 Å². The van der Waals surface area contributed by atoms with Crippen LogP contribution in [0.15, 0.2) is 24.3 Å². The van der Waals surface area contributed by atoms with Gasteiger partial charge in [0.25, 0.3) is 0 Å². The van der Waals surface area contributed by atoms with E-state index in [-0.39, 0.29) is 6.61 Å². The lowest BCUT2D eigenvalue weighted by Crippen LogP contribution is -1.94. The van der Waals surface area contributed by atoms with E-state index >= 15 is 0 Å². The SMILES string of the molecule is OCc1nc(-c2c(Cl)ccc(Cl)c2Cl)ccc1Cl. The summed E-state index contributed by atoms with van der Waals surface area (Å²) >= 11 is 24.0. The largest absolute Gasteiger partial charge is 0.390 e. The van der Waals surface area contributed by atoms with E-state index in [9.17, 15) is 0 Å². The molecule has 0 bridgehead atoms. The molecule has 0 aliphatic carbocycles. The van der Waals surface area contributed by atoms with Crippen LogP contribution in [0.4, 0.5) is 0 Å². The van der Waals surface area contributed by atoms with Gasteiger partial charge in [0.05, 0.1) is 38.1 Å². The van der Waals surface area contributed by atoms with Crippen molar-refractivity contribution in [3.05, 3.63) is 50.0 Å². The summed E-state index contributed by atoms with van der Waals surface area (Å²) in [5, 5.41) is 10.7. The van der Waals surface area contributed by atoms with Crippen molar-refractivity contribution in [2.45, 2.75) is 6.61 Å². The van der Waals surface area contributed by atoms with E-state index in [1.54, 1.807) is 24.3 Å². The number of aliphatic hydroxyl groups is 1. The molecule has 1 aromatic carbocycles. The molecule has 0 aliphatic rings. The van der Waals surface area contributed by atoms with Crippen LogP contribution in [0, 0.1) is 0 Å². The molecule has 1 aromatic heterocycles. The monoisotopic (exact) mass is 321 g/mol. The molecule has 0 unspecified atom stereocenters. The summed E-state index contributed by atoms with van der Waals surface area (Å²) in [6.45, 7) is -0.261. The van der Waals surface area contributed by atoms with E-state index in [0.717, 1.165) is 0 Å². The molecule has 0 saturated heterocycles. The lowest BCUT2D eigenvalue weighted by atomic mass is 10.1. The summed E-state index contributed by atoms with van der Waals surface area (Å²) in [5.74, 6) is 0. The average Bonchev–Trinajstić information content (AvgIpc) is 2.36. The highest BCUT2D eigenvalue weighted by Crippen LogP contribution is 2.38. The van der Waals surface area contributed by atoms with Crippen LogP contribution in [0.3, 0.4) is 0 Å². The fourth-order valence-corrected chi connectivity index (χ4v) is 2.38. The van der Waals surface area contributed by atoms with Gasteiger partial charge >= 0.3 is 0 Å². The summed E-state index contributed by atoms with van der Waals surface area (Å²) < 4.78 is 0. The summed E-state index contributed by atoms with van der Waals surface area (Å²) in [6.07, 6.45) is 0. The first-order valence-corrected chi connectivity index (χ1v) is 6.46. The first-order chi connectivity index (χ1) is 8.54. The number of benzene rings is 1. The van der Waals surface area contributed by atoms with Gasteiger partial charge in [-0.05, 0) is 24.3 Å². The first kappa shape index (κ1) is 13.9. The fraction of sp³-hybridized carbons (Fsp3) is 0.0833. The number of halogens is 4. The highest BCUT2D eigenvalue weighted by atomic mass is 35.5. The average molecular weight is 323 g/mol. The van der Waals surface area contributed by atoms with Crippen molar-refractivity contribution in [2.75, 3.05) is 0 Å². The predicted molar refractivity (Wildman–Crippen MR) is 75.6 cm³/mol. The quantitative estimate of drug-likeness (QED) is 0.801. The minimum absolute atomic E-state index is 0.261. The second kappa shape index (κ2) is 5.64. The third kappa shape index (κ3) is 2.58. The Labute approximate surface area is 124 Å². The molecule has 1 N–H and O–H groups in total. The second-order valence-corrected chi connectivity index (χ2v) is 5.10. The van der Waals surface area contributed by atoms with E-state index in [2.05, 4.69) is 4.98 Å². The van der Waals surface area contributed by atoms with Crippen molar-refractivity contribution < 1.29 is 5.11 Å². The molecule has 0 aliphatic heterocycles. The number of aromatic nitrogens is 1. The highest BCUT2D eigenvalue weighted by molar-refractivity contribution is 6.46. The second-order valence-electron chi connectivity index (χ2n) is 3.50. The number of rotatable bonds is 2. The van der Waals surface area contributed by atoms with Crippen LogP contribution in [0.25, 0.3) is 11.3 Å². The molecule has 6 heteroatoms. The Bertz CT molecular complexity index is 601. The van der Waals surface area contributed by atoms with Crippen molar-refractivity contribution in [3.63, 3.8) is 0 Å². The molecule has 18 heavy (non-hydrogen) atoms. The van der Waals surface area contributed by atoms with Crippen molar-refractivity contribution in [3.8, 4) is 11.3 Å². The minimum Gasteiger partial charge on any atom is -0.390 e. The smallest absolute Gasteiger partial charge is 0.0868 e. The Balaban J connectivity index is 2.65. The van der Waals surface area contributed by atoms with Crippen molar-refractivity contribution in [1.29, 1.82) is 0 Å². The Morgan fingerprint density at radius 2 is 1.50 bits per heavy atom. The number of aliphatic hydroxyl groups excluding tert-OH is 1. The number of pyridine rings is 1. The van der Waals surface area contributed by atoms with Crippen LogP contribution in [-0.4, -0.2) is 10.1 Å². The van der Waals surface area contributed by atoms with Gasteiger partial charge in [-0.25, -0.2) is 4.98 Å². The van der Waals surface area contributed by atoms with Crippen molar-refractivity contribution in [2.24, 2.45) is 0 Å². The number of hydrogen-bond donors (Lipinski definition) is 1. The van der Waals surface area contributed by atoms with Gasteiger partial charge in [0.1, 0.15) is 0 Å². The van der Waals surface area contributed by atoms with Gasteiger partial charge in [0.2, 0.25) is 0 Å². The molecule has 0 saturated carbocycles. The number of hydrogen-bond acceptors (Lipinski definition) is 2. The third-order valence-corrected chi connectivity index (χ3v) is 3.83. The van der Waals surface area contributed by atoms with Crippen LogP contribution in [0.5, 0.6) is 0 Å². The van der Waals surface area contributed by atoms with Gasteiger partial charge in [0, 0.05) is 5.56 Å². The maximum atomic E-state index is 9.14. The van der Waals surface area contributed by atoms with Gasteiger partial charge in [-0.15, -0.1) is 0 Å². The maximum absolute atomic E-state index is 9.14. The van der Waals surface area contributed by atoms with E-state index in [1.165, 1.54) is 0 Å². The van der Waals surface area contributed by atoms with Crippen LogP contribution in [0.2, 0.25) is 20.1 Å². The summed E-state index contributed by atoms with van der Waals surface area (Å²) in [6, 6.07) is 6.55. The Morgan fingerprint density at radius 1 is 0.889 bits per heavy atom. The van der Waals surface area contributed by atoms with Gasteiger partial charge in [-0.3, -0.25) is 0 Å². The molecule has 0 atom stereocenters. The minimum atomic E-state index is -0.261.